The van der Waals surface area contributed by atoms with Crippen LogP contribution in [0, 0.1) is 0 Å². The molecule has 2 unspecified atom stereocenters. The second kappa shape index (κ2) is 10.4. The van der Waals surface area contributed by atoms with Crippen LogP contribution in [0.1, 0.15) is 40.3 Å². The van der Waals surface area contributed by atoms with Gasteiger partial charge in [0.15, 0.2) is 5.13 Å². The standard InChI is InChI=1S/C22H29N5O4S/c1-15-11-26(12-16(2)31-15)13-17-3-5-18(6-4-17)20(28)24-25-21(29)19-14-32-22(23-19)27-7-9-30-10-8-27/h3-6,14-16H,7-13H2,1-2H3,(H,24,28)(H,25,29). The average Bonchev–Trinajstić information content (AvgIpc) is 3.28. The fourth-order valence-electron chi connectivity index (χ4n) is 3.95. The zero-order valence-electron chi connectivity index (χ0n) is 18.4. The van der Waals surface area contributed by atoms with Crippen molar-refractivity contribution in [3.8, 4) is 0 Å². The highest BCUT2D eigenvalue weighted by Gasteiger charge is 2.22. The molecule has 1 aromatic carbocycles. The summed E-state index contributed by atoms with van der Waals surface area (Å²) in [5.74, 6) is -0.816. The SMILES string of the molecule is CC1CN(Cc2ccc(C(=O)NNC(=O)c3csc(N4CCOCC4)n3)cc2)CC(C)O1. The first-order valence-electron chi connectivity index (χ1n) is 10.8. The van der Waals surface area contributed by atoms with Crippen molar-refractivity contribution in [2.24, 2.45) is 0 Å². The number of morpholine rings is 2. The van der Waals surface area contributed by atoms with E-state index in [1.165, 1.54) is 11.3 Å². The van der Waals surface area contributed by atoms with Crippen LogP contribution in [0.2, 0.25) is 0 Å². The number of amides is 2. The topological polar surface area (TPSA) is 96.0 Å². The fraction of sp³-hybridized carbons (Fsp3) is 0.500. The minimum atomic E-state index is -0.443. The molecule has 2 N–H and O–H groups in total. The van der Waals surface area contributed by atoms with Gasteiger partial charge >= 0.3 is 0 Å². The van der Waals surface area contributed by atoms with Crippen LogP contribution in [0.5, 0.6) is 0 Å². The molecule has 10 heteroatoms. The third-order valence-corrected chi connectivity index (χ3v) is 6.31. The van der Waals surface area contributed by atoms with Gasteiger partial charge in [0.25, 0.3) is 11.8 Å². The van der Waals surface area contributed by atoms with E-state index in [1.54, 1.807) is 17.5 Å². The van der Waals surface area contributed by atoms with Crippen molar-refractivity contribution in [1.82, 2.24) is 20.7 Å². The van der Waals surface area contributed by atoms with Crippen LogP contribution in [0.25, 0.3) is 0 Å². The van der Waals surface area contributed by atoms with Gasteiger partial charge < -0.3 is 14.4 Å². The second-order valence-electron chi connectivity index (χ2n) is 8.17. The van der Waals surface area contributed by atoms with Gasteiger partial charge in [-0.1, -0.05) is 12.1 Å². The Hall–Kier alpha value is -2.53. The lowest BCUT2D eigenvalue weighted by Gasteiger charge is -2.35. The maximum Gasteiger partial charge on any atom is 0.289 e. The Morgan fingerprint density at radius 3 is 2.41 bits per heavy atom. The molecule has 3 heterocycles. The van der Waals surface area contributed by atoms with Crippen molar-refractivity contribution in [3.05, 3.63) is 46.5 Å². The number of carbonyl (C=O) groups excluding carboxylic acids is 2. The third kappa shape index (κ3) is 5.83. The number of hydrogen-bond acceptors (Lipinski definition) is 8. The first-order chi connectivity index (χ1) is 15.5. The molecule has 0 saturated carbocycles. The second-order valence-corrected chi connectivity index (χ2v) is 9.01. The van der Waals surface area contributed by atoms with Crippen molar-refractivity contribution in [2.45, 2.75) is 32.6 Å². The summed E-state index contributed by atoms with van der Waals surface area (Å²) in [4.78, 5) is 33.6. The Labute approximate surface area is 191 Å². The van der Waals surface area contributed by atoms with Gasteiger partial charge in [0.05, 0.1) is 25.4 Å². The highest BCUT2D eigenvalue weighted by Crippen LogP contribution is 2.21. The zero-order valence-corrected chi connectivity index (χ0v) is 19.2. The Morgan fingerprint density at radius 2 is 1.72 bits per heavy atom. The molecular weight excluding hydrogens is 430 g/mol. The predicted octanol–water partition coefficient (Wildman–Crippen LogP) is 1.66. The summed E-state index contributed by atoms with van der Waals surface area (Å²) in [5.41, 5.74) is 6.79. The maximum atomic E-state index is 12.4. The molecule has 32 heavy (non-hydrogen) atoms. The van der Waals surface area contributed by atoms with E-state index in [-0.39, 0.29) is 23.8 Å². The molecule has 1 aromatic heterocycles. The van der Waals surface area contributed by atoms with Crippen molar-refractivity contribution < 1.29 is 19.1 Å². The first kappa shape index (κ1) is 22.7. The molecule has 2 aliphatic heterocycles. The van der Waals surface area contributed by atoms with E-state index in [9.17, 15) is 9.59 Å². The number of hydrazine groups is 1. The molecule has 4 rings (SSSR count). The van der Waals surface area contributed by atoms with Crippen LogP contribution in [0.4, 0.5) is 5.13 Å². The van der Waals surface area contributed by atoms with Crippen molar-refractivity contribution in [1.29, 1.82) is 0 Å². The Kier molecular flexibility index (Phi) is 7.36. The van der Waals surface area contributed by atoms with Gasteiger partial charge in [-0.2, -0.15) is 0 Å². The number of aromatic nitrogens is 1. The van der Waals surface area contributed by atoms with E-state index in [0.717, 1.165) is 43.4 Å². The van der Waals surface area contributed by atoms with E-state index in [0.29, 0.717) is 18.8 Å². The Morgan fingerprint density at radius 1 is 1.06 bits per heavy atom. The lowest BCUT2D eigenvalue weighted by atomic mass is 10.1. The molecule has 0 spiro atoms. The number of ether oxygens (including phenoxy) is 2. The maximum absolute atomic E-state index is 12.4. The van der Waals surface area contributed by atoms with Crippen molar-refractivity contribution in [2.75, 3.05) is 44.3 Å². The number of nitrogens with one attached hydrogen (secondary N) is 2. The molecule has 172 valence electrons. The molecule has 0 radical (unpaired) electrons. The summed E-state index contributed by atoms with van der Waals surface area (Å²) < 4.78 is 11.1. The van der Waals surface area contributed by atoms with Crippen LogP contribution >= 0.6 is 11.3 Å². The van der Waals surface area contributed by atoms with Crippen LogP contribution in [0.3, 0.4) is 0 Å². The first-order valence-corrected chi connectivity index (χ1v) is 11.7. The average molecular weight is 460 g/mol. The predicted molar refractivity (Wildman–Crippen MR) is 122 cm³/mol. The summed E-state index contributed by atoms with van der Waals surface area (Å²) in [6.07, 6.45) is 0.435. The van der Waals surface area contributed by atoms with E-state index in [2.05, 4.69) is 39.5 Å². The van der Waals surface area contributed by atoms with E-state index in [4.69, 9.17) is 9.47 Å². The molecule has 0 bridgehead atoms. The van der Waals surface area contributed by atoms with E-state index < -0.39 is 5.91 Å². The van der Waals surface area contributed by atoms with E-state index in [1.807, 2.05) is 12.1 Å². The molecular formula is C22H29N5O4S. The third-order valence-electron chi connectivity index (χ3n) is 5.41. The quantitative estimate of drug-likeness (QED) is 0.657. The van der Waals surface area contributed by atoms with Gasteiger partial charge in [-0.3, -0.25) is 25.3 Å². The molecule has 2 amide bonds. The number of thiazole rings is 1. The molecule has 0 aliphatic carbocycles. The summed E-state index contributed by atoms with van der Waals surface area (Å²) in [5, 5.41) is 2.47. The van der Waals surface area contributed by atoms with Gasteiger partial charge in [0, 0.05) is 43.7 Å². The highest BCUT2D eigenvalue weighted by molar-refractivity contribution is 7.13. The number of hydrogen-bond donors (Lipinski definition) is 2. The van der Waals surface area contributed by atoms with Gasteiger partial charge in [0.1, 0.15) is 5.69 Å². The van der Waals surface area contributed by atoms with Crippen LogP contribution in [0.15, 0.2) is 29.6 Å². The molecule has 9 nitrogen and oxygen atoms in total. The molecule has 2 aliphatic rings. The minimum absolute atomic E-state index is 0.218. The number of nitrogens with zero attached hydrogens (tertiary/aromatic N) is 3. The van der Waals surface area contributed by atoms with Crippen molar-refractivity contribution >= 4 is 28.3 Å². The Bertz CT molecular complexity index is 919. The summed E-state index contributed by atoms with van der Waals surface area (Å²) in [7, 11) is 0. The number of anilines is 1. The van der Waals surface area contributed by atoms with Crippen LogP contribution < -0.4 is 15.8 Å². The van der Waals surface area contributed by atoms with Gasteiger partial charge in [0.2, 0.25) is 0 Å². The summed E-state index contributed by atoms with van der Waals surface area (Å²) in [6, 6.07) is 7.42. The summed E-state index contributed by atoms with van der Waals surface area (Å²) in [6.45, 7) is 9.58. The Balaban J connectivity index is 1.26. The highest BCUT2D eigenvalue weighted by atomic mass is 32.1. The number of carbonyl (C=O) groups is 2. The number of benzene rings is 1. The minimum Gasteiger partial charge on any atom is -0.378 e. The van der Waals surface area contributed by atoms with Gasteiger partial charge in [-0.05, 0) is 31.5 Å². The van der Waals surface area contributed by atoms with Crippen molar-refractivity contribution in [3.63, 3.8) is 0 Å². The fourth-order valence-corrected chi connectivity index (χ4v) is 4.81. The number of rotatable bonds is 5. The monoisotopic (exact) mass is 459 g/mol. The summed E-state index contributed by atoms with van der Waals surface area (Å²) >= 11 is 1.40. The normalized spacial score (nSPS) is 21.9. The molecule has 2 aromatic rings. The largest absolute Gasteiger partial charge is 0.378 e. The van der Waals surface area contributed by atoms with Crippen LogP contribution in [-0.2, 0) is 16.0 Å². The molecule has 2 atom stereocenters. The lowest BCUT2D eigenvalue weighted by molar-refractivity contribution is -0.0704. The lowest BCUT2D eigenvalue weighted by Crippen LogP contribution is -2.44. The van der Waals surface area contributed by atoms with Crippen LogP contribution in [-0.4, -0.2) is 73.3 Å². The van der Waals surface area contributed by atoms with E-state index >= 15 is 0 Å². The molecule has 2 fully saturated rings. The zero-order chi connectivity index (χ0) is 22.5. The van der Waals surface area contributed by atoms with Gasteiger partial charge in [-0.25, -0.2) is 4.98 Å². The molecule has 2 saturated heterocycles. The smallest absolute Gasteiger partial charge is 0.289 e. The van der Waals surface area contributed by atoms with Gasteiger partial charge in [-0.15, -0.1) is 11.3 Å².